The predicted octanol–water partition coefficient (Wildman–Crippen LogP) is 1.56. The molecule has 4 N–H and O–H groups in total. The molecule has 0 spiro atoms. The van der Waals surface area contributed by atoms with Gasteiger partial charge < -0.3 is 16.2 Å². The molecule has 0 aliphatic heterocycles. The van der Waals surface area contributed by atoms with Gasteiger partial charge in [0.05, 0.1) is 5.69 Å². The number of anilines is 1. The number of aliphatic carboxylic acids is 1. The average molecular weight is 256 g/mol. The van der Waals surface area contributed by atoms with Gasteiger partial charge >= 0.3 is 5.97 Å². The number of amides is 1. The normalized spacial score (nSPS) is 12.4. The lowest BCUT2D eigenvalue weighted by atomic mass is 10.0. The van der Waals surface area contributed by atoms with E-state index in [4.69, 9.17) is 10.8 Å². The zero-order valence-electron chi connectivity index (χ0n) is 9.77. The van der Waals surface area contributed by atoms with Crippen molar-refractivity contribution in [2.45, 2.75) is 26.3 Å². The van der Waals surface area contributed by atoms with Crippen LogP contribution in [0.1, 0.15) is 29.9 Å². The largest absolute Gasteiger partial charge is 0.480 e. The summed E-state index contributed by atoms with van der Waals surface area (Å²) >= 11 is 1.20. The summed E-state index contributed by atoms with van der Waals surface area (Å²) in [5.74, 6) is -1.26. The van der Waals surface area contributed by atoms with Gasteiger partial charge in [-0.2, -0.15) is 0 Å². The highest BCUT2D eigenvalue weighted by atomic mass is 32.1. The zero-order chi connectivity index (χ0) is 13.0. The highest BCUT2D eigenvalue weighted by Crippen LogP contribution is 2.19. The SMILES string of the molecule is CC(C)C[C@H](NC(=O)c1sccc1N)C(=O)O. The van der Waals surface area contributed by atoms with Gasteiger partial charge in [-0.25, -0.2) is 4.79 Å². The first-order chi connectivity index (χ1) is 7.91. The Morgan fingerprint density at radius 3 is 2.59 bits per heavy atom. The summed E-state index contributed by atoms with van der Waals surface area (Å²) in [5.41, 5.74) is 5.97. The van der Waals surface area contributed by atoms with Gasteiger partial charge in [0.1, 0.15) is 10.9 Å². The number of carboxylic acids is 1. The van der Waals surface area contributed by atoms with Crippen molar-refractivity contribution in [2.24, 2.45) is 5.92 Å². The first-order valence-electron chi connectivity index (χ1n) is 5.28. The standard InChI is InChI=1S/C11H16N2O3S/c1-6(2)5-8(11(15)16)13-10(14)9-7(12)3-4-17-9/h3-4,6,8H,5,12H2,1-2H3,(H,13,14)(H,15,16)/t8-/m0/s1. The van der Waals surface area contributed by atoms with Crippen molar-refractivity contribution in [3.05, 3.63) is 16.3 Å². The van der Waals surface area contributed by atoms with Crippen LogP contribution in [0.25, 0.3) is 0 Å². The number of nitrogen functional groups attached to an aromatic ring is 1. The van der Waals surface area contributed by atoms with Gasteiger partial charge in [-0.15, -0.1) is 11.3 Å². The Hall–Kier alpha value is -1.56. The molecule has 0 aliphatic rings. The van der Waals surface area contributed by atoms with Gasteiger partial charge in [-0.1, -0.05) is 13.8 Å². The average Bonchev–Trinajstić information content (AvgIpc) is 2.62. The van der Waals surface area contributed by atoms with Crippen LogP contribution in [0.4, 0.5) is 5.69 Å². The minimum Gasteiger partial charge on any atom is -0.480 e. The smallest absolute Gasteiger partial charge is 0.326 e. The molecule has 1 aromatic rings. The van der Waals surface area contributed by atoms with Crippen LogP contribution in [0, 0.1) is 5.92 Å². The van der Waals surface area contributed by atoms with Crippen molar-refractivity contribution in [3.8, 4) is 0 Å². The topological polar surface area (TPSA) is 92.4 Å². The molecule has 0 saturated carbocycles. The second-order valence-electron chi connectivity index (χ2n) is 4.20. The molecule has 0 unspecified atom stereocenters. The Kier molecular flexibility index (Phi) is 4.51. The number of nitrogens with one attached hydrogen (secondary N) is 1. The number of rotatable bonds is 5. The molecule has 0 radical (unpaired) electrons. The molecule has 0 fully saturated rings. The molecule has 17 heavy (non-hydrogen) atoms. The Bertz CT molecular complexity index is 415. The van der Waals surface area contributed by atoms with E-state index in [-0.39, 0.29) is 5.92 Å². The number of carbonyl (C=O) groups excluding carboxylic acids is 1. The summed E-state index contributed by atoms with van der Waals surface area (Å²) in [4.78, 5) is 23.1. The minimum absolute atomic E-state index is 0.192. The van der Waals surface area contributed by atoms with Gasteiger partial charge in [0.2, 0.25) is 0 Å². The lowest BCUT2D eigenvalue weighted by Crippen LogP contribution is -2.41. The molecule has 0 saturated heterocycles. The fourth-order valence-corrected chi connectivity index (χ4v) is 2.14. The Labute approximate surface area is 104 Å². The van der Waals surface area contributed by atoms with Crippen LogP contribution in [-0.4, -0.2) is 23.0 Å². The second kappa shape index (κ2) is 5.67. The molecule has 1 atom stereocenters. The molecule has 1 rings (SSSR count). The summed E-state index contributed by atoms with van der Waals surface area (Å²) in [5, 5.41) is 13.2. The van der Waals surface area contributed by atoms with Gasteiger partial charge in [-0.05, 0) is 23.8 Å². The van der Waals surface area contributed by atoms with Crippen molar-refractivity contribution in [1.29, 1.82) is 0 Å². The highest BCUT2D eigenvalue weighted by molar-refractivity contribution is 7.12. The van der Waals surface area contributed by atoms with Crippen molar-refractivity contribution in [2.75, 3.05) is 5.73 Å². The molecular weight excluding hydrogens is 240 g/mol. The number of carboxylic acid groups (broad SMARTS) is 1. The third-order valence-electron chi connectivity index (χ3n) is 2.21. The maximum atomic E-state index is 11.8. The molecule has 0 aromatic carbocycles. The summed E-state index contributed by atoms with van der Waals surface area (Å²) in [6.07, 6.45) is 0.395. The van der Waals surface area contributed by atoms with Crippen molar-refractivity contribution in [1.82, 2.24) is 5.32 Å². The fourth-order valence-electron chi connectivity index (χ4n) is 1.42. The van der Waals surface area contributed by atoms with Crippen LogP contribution in [-0.2, 0) is 4.79 Å². The van der Waals surface area contributed by atoms with Crippen molar-refractivity contribution >= 4 is 28.9 Å². The zero-order valence-corrected chi connectivity index (χ0v) is 10.6. The van der Waals surface area contributed by atoms with E-state index in [9.17, 15) is 9.59 Å². The molecule has 1 heterocycles. The molecule has 0 bridgehead atoms. The van der Waals surface area contributed by atoms with Crippen LogP contribution in [0.15, 0.2) is 11.4 Å². The van der Waals surface area contributed by atoms with E-state index >= 15 is 0 Å². The number of hydrogen-bond acceptors (Lipinski definition) is 4. The third kappa shape index (κ3) is 3.74. The predicted molar refractivity (Wildman–Crippen MR) is 67.1 cm³/mol. The summed E-state index contributed by atoms with van der Waals surface area (Å²) in [7, 11) is 0. The van der Waals surface area contributed by atoms with E-state index in [0.717, 1.165) is 0 Å². The van der Waals surface area contributed by atoms with Crippen LogP contribution >= 0.6 is 11.3 Å². The van der Waals surface area contributed by atoms with Gasteiger partial charge in [-0.3, -0.25) is 4.79 Å². The van der Waals surface area contributed by atoms with E-state index in [0.29, 0.717) is 17.0 Å². The maximum absolute atomic E-state index is 11.8. The van der Waals surface area contributed by atoms with Crippen LogP contribution in [0.5, 0.6) is 0 Å². The van der Waals surface area contributed by atoms with E-state index < -0.39 is 17.9 Å². The van der Waals surface area contributed by atoms with Gasteiger partial charge in [0.25, 0.3) is 5.91 Å². The number of carbonyl (C=O) groups is 2. The van der Waals surface area contributed by atoms with Crippen LogP contribution in [0.3, 0.4) is 0 Å². The van der Waals surface area contributed by atoms with Crippen molar-refractivity contribution < 1.29 is 14.7 Å². The summed E-state index contributed by atoms with van der Waals surface area (Å²) < 4.78 is 0. The second-order valence-corrected chi connectivity index (χ2v) is 5.12. The van der Waals surface area contributed by atoms with Crippen LogP contribution < -0.4 is 11.1 Å². The molecule has 6 heteroatoms. The number of hydrogen-bond donors (Lipinski definition) is 3. The fraction of sp³-hybridized carbons (Fsp3) is 0.455. The quantitative estimate of drug-likeness (QED) is 0.745. The van der Waals surface area contributed by atoms with E-state index in [1.54, 1.807) is 11.4 Å². The highest BCUT2D eigenvalue weighted by Gasteiger charge is 2.23. The molecular formula is C11H16N2O3S. The van der Waals surface area contributed by atoms with E-state index in [2.05, 4.69) is 5.32 Å². The Morgan fingerprint density at radius 1 is 1.53 bits per heavy atom. The Balaban J connectivity index is 2.71. The minimum atomic E-state index is -1.03. The number of thiophene rings is 1. The van der Waals surface area contributed by atoms with Crippen molar-refractivity contribution in [3.63, 3.8) is 0 Å². The van der Waals surface area contributed by atoms with Crippen LogP contribution in [0.2, 0.25) is 0 Å². The molecule has 5 nitrogen and oxygen atoms in total. The summed E-state index contributed by atoms with van der Waals surface area (Å²) in [6, 6.07) is 0.752. The first-order valence-corrected chi connectivity index (χ1v) is 6.16. The molecule has 1 aromatic heterocycles. The maximum Gasteiger partial charge on any atom is 0.326 e. The molecule has 0 aliphatic carbocycles. The van der Waals surface area contributed by atoms with E-state index in [1.807, 2.05) is 13.8 Å². The number of nitrogens with two attached hydrogens (primary N) is 1. The summed E-state index contributed by atoms with van der Waals surface area (Å²) in [6.45, 7) is 3.81. The van der Waals surface area contributed by atoms with Gasteiger partial charge in [0, 0.05) is 0 Å². The molecule has 1 amide bonds. The van der Waals surface area contributed by atoms with E-state index in [1.165, 1.54) is 11.3 Å². The molecule has 94 valence electrons. The van der Waals surface area contributed by atoms with Gasteiger partial charge in [0.15, 0.2) is 0 Å². The monoisotopic (exact) mass is 256 g/mol. The Morgan fingerprint density at radius 2 is 2.18 bits per heavy atom. The third-order valence-corrected chi connectivity index (χ3v) is 3.14. The lowest BCUT2D eigenvalue weighted by Gasteiger charge is -2.16. The lowest BCUT2D eigenvalue weighted by molar-refractivity contribution is -0.139. The first kappa shape index (κ1) is 13.5.